The first-order valence-electron chi connectivity index (χ1n) is 6.48. The van der Waals surface area contributed by atoms with E-state index in [9.17, 15) is 24.8 Å². The number of Topliss-reactive ketones (excluding diaryl/α,β-unsaturated/α-hetero) is 1. The van der Waals surface area contributed by atoms with E-state index < -0.39 is 22.1 Å². The molecule has 0 bridgehead atoms. The molecule has 22 heavy (non-hydrogen) atoms. The van der Waals surface area contributed by atoms with Gasteiger partial charge in [0.2, 0.25) is 5.78 Å². The molecule has 0 fully saturated rings. The Bertz CT molecular complexity index is 721. The molecule has 114 valence electrons. The second-order valence-electron chi connectivity index (χ2n) is 4.66. The van der Waals surface area contributed by atoms with Gasteiger partial charge in [-0.05, 0) is 24.1 Å². The number of carbonyl (C=O) groups excluding carboxylic acids is 2. The van der Waals surface area contributed by atoms with Crippen LogP contribution in [0.2, 0.25) is 0 Å². The molecule has 7 heteroatoms. The number of hydrogen-bond acceptors (Lipinski definition) is 6. The highest BCUT2D eigenvalue weighted by atomic mass is 16.6. The first-order chi connectivity index (χ1) is 10.4. The Balaban J connectivity index is 2.64. The summed E-state index contributed by atoms with van der Waals surface area (Å²) in [6.45, 7) is 1.50. The quantitative estimate of drug-likeness (QED) is 0.345. The van der Waals surface area contributed by atoms with Crippen molar-refractivity contribution in [3.8, 4) is 0 Å². The number of nitrogens with zero attached hydrogens (tertiary/aromatic N) is 1. The van der Waals surface area contributed by atoms with E-state index in [1.807, 2.05) is 0 Å². The van der Waals surface area contributed by atoms with E-state index in [-0.39, 0.29) is 23.4 Å². The van der Waals surface area contributed by atoms with Crippen LogP contribution < -0.4 is 5.11 Å². The first kappa shape index (κ1) is 15.4. The van der Waals surface area contributed by atoms with Gasteiger partial charge in [0, 0.05) is 12.1 Å². The van der Waals surface area contributed by atoms with Crippen LogP contribution in [-0.4, -0.2) is 16.7 Å². The maximum Gasteiger partial charge on any atom is 0.269 e. The zero-order valence-electron chi connectivity index (χ0n) is 11.6. The Morgan fingerprint density at radius 2 is 2.00 bits per heavy atom. The molecule has 1 aromatic heterocycles. The van der Waals surface area contributed by atoms with Crippen molar-refractivity contribution in [3.05, 3.63) is 64.1 Å². The highest BCUT2D eigenvalue weighted by Crippen LogP contribution is 2.33. The minimum absolute atomic E-state index is 0.00870. The second-order valence-corrected chi connectivity index (χ2v) is 4.66. The van der Waals surface area contributed by atoms with Gasteiger partial charge in [0.15, 0.2) is 5.76 Å². The summed E-state index contributed by atoms with van der Waals surface area (Å²) in [4.78, 5) is 34.5. The number of furan rings is 1. The molecule has 1 heterocycles. The molecule has 0 aliphatic heterocycles. The monoisotopic (exact) mass is 302 g/mol. The Morgan fingerprint density at radius 1 is 1.27 bits per heavy atom. The van der Waals surface area contributed by atoms with Crippen molar-refractivity contribution in [2.24, 2.45) is 0 Å². The molecule has 0 saturated carbocycles. The van der Waals surface area contributed by atoms with Crippen LogP contribution in [0.5, 0.6) is 0 Å². The van der Waals surface area contributed by atoms with Gasteiger partial charge < -0.3 is 14.3 Å². The summed E-state index contributed by atoms with van der Waals surface area (Å²) >= 11 is 0. The molecule has 0 aliphatic carbocycles. The molecule has 7 nitrogen and oxygen atoms in total. The van der Waals surface area contributed by atoms with Crippen molar-refractivity contribution in [2.75, 3.05) is 0 Å². The van der Waals surface area contributed by atoms with Gasteiger partial charge in [-0.3, -0.25) is 14.9 Å². The average Bonchev–Trinajstić information content (AvgIpc) is 3.02. The number of benzene rings is 1. The summed E-state index contributed by atoms with van der Waals surface area (Å²) in [7, 11) is 0. The molecule has 0 aliphatic rings. The highest BCUT2D eigenvalue weighted by molar-refractivity contribution is 6.15. The molecule has 0 radical (unpaired) electrons. The Morgan fingerprint density at radius 3 is 2.50 bits per heavy atom. The third-order valence-electron chi connectivity index (χ3n) is 3.56. The Kier molecular flexibility index (Phi) is 4.07. The number of rotatable bonds is 6. The Labute approximate surface area is 125 Å². The number of nitro benzene ring substituents is 1. The molecule has 0 amide bonds. The zero-order valence-corrected chi connectivity index (χ0v) is 11.6. The topological polar surface area (TPSA) is 113 Å². The van der Waals surface area contributed by atoms with Crippen LogP contribution in [0.1, 0.15) is 29.5 Å². The fourth-order valence-corrected chi connectivity index (χ4v) is 2.35. The van der Waals surface area contributed by atoms with Gasteiger partial charge in [-0.2, -0.15) is 0 Å². The fourth-order valence-electron chi connectivity index (χ4n) is 2.35. The average molecular weight is 302 g/mol. The lowest BCUT2D eigenvalue weighted by Gasteiger charge is -2.31. The molecule has 1 aromatic carbocycles. The molecule has 2 aromatic rings. The van der Waals surface area contributed by atoms with Crippen molar-refractivity contribution in [1.29, 1.82) is 0 Å². The summed E-state index contributed by atoms with van der Waals surface area (Å²) in [5.41, 5.74) is -2.35. The minimum Gasteiger partial charge on any atom is -0.549 e. The largest absolute Gasteiger partial charge is 0.549 e. The van der Waals surface area contributed by atoms with Crippen molar-refractivity contribution < 1.29 is 24.0 Å². The highest BCUT2D eigenvalue weighted by Gasteiger charge is 2.42. The van der Waals surface area contributed by atoms with Crippen LogP contribution in [-0.2, 0) is 10.2 Å². The van der Waals surface area contributed by atoms with Gasteiger partial charge >= 0.3 is 0 Å². The molecule has 1 atom stereocenters. The van der Waals surface area contributed by atoms with Crippen molar-refractivity contribution in [1.82, 2.24) is 0 Å². The number of ketones is 1. The van der Waals surface area contributed by atoms with Gasteiger partial charge in [0.25, 0.3) is 5.69 Å². The maximum absolute atomic E-state index is 12.6. The number of hydrogen-bond donors (Lipinski definition) is 0. The van der Waals surface area contributed by atoms with Crippen LogP contribution in [0.25, 0.3) is 0 Å². The van der Waals surface area contributed by atoms with E-state index in [2.05, 4.69) is 0 Å². The summed E-state index contributed by atoms with van der Waals surface area (Å²) in [5, 5.41) is 22.6. The van der Waals surface area contributed by atoms with E-state index in [1.54, 1.807) is 0 Å². The van der Waals surface area contributed by atoms with Crippen molar-refractivity contribution >= 4 is 17.4 Å². The van der Waals surface area contributed by atoms with Crippen LogP contribution >= 0.6 is 0 Å². The van der Waals surface area contributed by atoms with Crippen LogP contribution in [0.3, 0.4) is 0 Å². The van der Waals surface area contributed by atoms with Crippen LogP contribution in [0, 0.1) is 10.1 Å². The molecular formula is C15H12NO6-. The third kappa shape index (κ3) is 2.37. The van der Waals surface area contributed by atoms with Crippen LogP contribution in [0.4, 0.5) is 5.69 Å². The molecule has 2 rings (SSSR count). The molecule has 0 N–H and O–H groups in total. The van der Waals surface area contributed by atoms with Crippen molar-refractivity contribution in [2.45, 2.75) is 18.8 Å². The number of carboxylic acid groups (broad SMARTS) is 1. The number of carboxylic acids is 1. The standard InChI is InChI=1S/C15H13NO6/c1-2-15(14(18)19,13(17)12-7-4-8-22-12)10-5-3-6-11(9-10)16(20)21/h3-9H,2H2,1H3,(H,18,19)/p-1. The fraction of sp³-hybridized carbons (Fsp3) is 0.200. The van der Waals surface area contributed by atoms with Gasteiger partial charge in [-0.1, -0.05) is 19.1 Å². The lowest BCUT2D eigenvalue weighted by Crippen LogP contribution is -2.51. The summed E-state index contributed by atoms with van der Waals surface area (Å²) in [6.07, 6.45) is 1.12. The predicted octanol–water partition coefficient (Wildman–Crippen LogP) is 1.47. The van der Waals surface area contributed by atoms with Gasteiger partial charge in [0.05, 0.1) is 17.2 Å². The molecular weight excluding hydrogens is 290 g/mol. The summed E-state index contributed by atoms with van der Waals surface area (Å²) in [6, 6.07) is 7.77. The zero-order chi connectivity index (χ0) is 16.3. The van der Waals surface area contributed by atoms with Gasteiger partial charge in [0.1, 0.15) is 5.41 Å². The maximum atomic E-state index is 12.6. The van der Waals surface area contributed by atoms with E-state index in [0.717, 1.165) is 6.07 Å². The van der Waals surface area contributed by atoms with Gasteiger partial charge in [-0.15, -0.1) is 0 Å². The molecule has 0 spiro atoms. The lowest BCUT2D eigenvalue weighted by atomic mass is 9.73. The number of carbonyl (C=O) groups is 2. The lowest BCUT2D eigenvalue weighted by molar-refractivity contribution is -0.385. The van der Waals surface area contributed by atoms with Gasteiger partial charge in [-0.25, -0.2) is 0 Å². The summed E-state index contributed by atoms with van der Waals surface area (Å²) < 4.78 is 4.98. The number of aliphatic carboxylic acids is 1. The predicted molar refractivity (Wildman–Crippen MR) is 73.1 cm³/mol. The van der Waals surface area contributed by atoms with E-state index in [0.29, 0.717) is 0 Å². The van der Waals surface area contributed by atoms with E-state index in [4.69, 9.17) is 4.42 Å². The third-order valence-corrected chi connectivity index (χ3v) is 3.56. The van der Waals surface area contributed by atoms with Crippen molar-refractivity contribution in [3.63, 3.8) is 0 Å². The number of nitro groups is 1. The smallest absolute Gasteiger partial charge is 0.269 e. The SMILES string of the molecule is CCC(C(=O)[O-])(C(=O)c1ccco1)c1cccc([N+](=O)[O-])c1. The Hall–Kier alpha value is -2.96. The van der Waals surface area contributed by atoms with Crippen LogP contribution in [0.15, 0.2) is 47.1 Å². The normalized spacial score (nSPS) is 13.3. The number of non-ortho nitro benzene ring substituents is 1. The first-order valence-corrected chi connectivity index (χ1v) is 6.48. The van der Waals surface area contributed by atoms with E-state index >= 15 is 0 Å². The minimum atomic E-state index is -2.04. The molecule has 1 unspecified atom stereocenters. The van der Waals surface area contributed by atoms with E-state index in [1.165, 1.54) is 43.5 Å². The second kappa shape index (κ2) is 5.80. The molecule has 0 saturated heterocycles. The summed E-state index contributed by atoms with van der Waals surface area (Å²) in [5.74, 6) is -2.57.